The van der Waals surface area contributed by atoms with Crippen molar-refractivity contribution in [3.8, 4) is 0 Å². The van der Waals surface area contributed by atoms with Gasteiger partial charge in [-0.2, -0.15) is 0 Å². The van der Waals surface area contributed by atoms with Crippen molar-refractivity contribution in [2.45, 2.75) is 24.9 Å². The van der Waals surface area contributed by atoms with Crippen molar-refractivity contribution >= 4 is 28.2 Å². The number of halogens is 1. The number of hydrogen-bond acceptors (Lipinski definition) is 2. The Bertz CT molecular complexity index is 682. The number of ketones is 1. The number of aryl methyl sites for hydroxylation is 1. The molecule has 2 rings (SSSR count). The Labute approximate surface area is 132 Å². The average Bonchev–Trinajstić information content (AvgIpc) is 2.45. The summed E-state index contributed by atoms with van der Waals surface area (Å²) >= 11 is 5.89. The molecule has 2 nitrogen and oxygen atoms in total. The van der Waals surface area contributed by atoms with E-state index >= 15 is 0 Å². The molecule has 4 heteroatoms. The lowest BCUT2D eigenvalue weighted by Crippen LogP contribution is -2.23. The van der Waals surface area contributed by atoms with E-state index in [0.717, 1.165) is 11.1 Å². The van der Waals surface area contributed by atoms with E-state index in [1.54, 1.807) is 31.2 Å². The zero-order valence-corrected chi connectivity index (χ0v) is 13.6. The molecule has 2 unspecified atom stereocenters. The van der Waals surface area contributed by atoms with Gasteiger partial charge in [0.1, 0.15) is 0 Å². The Morgan fingerprint density at radius 2 is 1.90 bits per heavy atom. The quantitative estimate of drug-likeness (QED) is 0.775. The van der Waals surface area contributed by atoms with E-state index < -0.39 is 16.0 Å². The van der Waals surface area contributed by atoms with E-state index in [-0.39, 0.29) is 5.78 Å². The number of hydrogen-bond donors (Lipinski definition) is 0. The van der Waals surface area contributed by atoms with Crippen LogP contribution in [0.2, 0.25) is 5.02 Å². The van der Waals surface area contributed by atoms with E-state index in [9.17, 15) is 9.00 Å². The van der Waals surface area contributed by atoms with Gasteiger partial charge in [-0.3, -0.25) is 9.00 Å². The molecule has 21 heavy (non-hydrogen) atoms. The van der Waals surface area contributed by atoms with E-state index in [4.69, 9.17) is 11.6 Å². The number of Topliss-reactive ketones (excluding diaryl/α,β-unsaturated/α-hetero) is 1. The monoisotopic (exact) mass is 320 g/mol. The fraction of sp³-hybridized carbons (Fsp3) is 0.235. The van der Waals surface area contributed by atoms with Crippen molar-refractivity contribution in [3.05, 3.63) is 70.2 Å². The first-order chi connectivity index (χ1) is 9.97. The van der Waals surface area contributed by atoms with Crippen molar-refractivity contribution in [2.24, 2.45) is 0 Å². The third-order valence-electron chi connectivity index (χ3n) is 3.26. The average molecular weight is 321 g/mol. The third-order valence-corrected chi connectivity index (χ3v) is 5.12. The van der Waals surface area contributed by atoms with Gasteiger partial charge in [-0.25, -0.2) is 0 Å². The molecule has 0 saturated carbocycles. The zero-order valence-electron chi connectivity index (χ0n) is 12.0. The van der Waals surface area contributed by atoms with Gasteiger partial charge in [0.25, 0.3) is 0 Å². The van der Waals surface area contributed by atoms with Crippen LogP contribution in [-0.2, 0) is 16.6 Å². The van der Waals surface area contributed by atoms with Crippen LogP contribution >= 0.6 is 11.6 Å². The molecule has 0 aromatic heterocycles. The minimum atomic E-state index is -1.25. The highest BCUT2D eigenvalue weighted by Gasteiger charge is 2.21. The molecule has 0 aliphatic carbocycles. The Morgan fingerprint density at radius 3 is 2.57 bits per heavy atom. The summed E-state index contributed by atoms with van der Waals surface area (Å²) in [6.07, 6.45) is 0. The second-order valence-electron chi connectivity index (χ2n) is 5.03. The summed E-state index contributed by atoms with van der Waals surface area (Å²) < 4.78 is 12.4. The van der Waals surface area contributed by atoms with Gasteiger partial charge in [0.2, 0.25) is 0 Å². The lowest BCUT2D eigenvalue weighted by atomic mass is 10.1. The Kier molecular flexibility index (Phi) is 5.32. The molecule has 2 aromatic rings. The number of rotatable bonds is 5. The van der Waals surface area contributed by atoms with E-state index in [1.165, 1.54) is 0 Å². The molecule has 110 valence electrons. The summed E-state index contributed by atoms with van der Waals surface area (Å²) in [5.74, 6) is 0.248. The predicted molar refractivity (Wildman–Crippen MR) is 88.3 cm³/mol. The first kappa shape index (κ1) is 15.9. The van der Waals surface area contributed by atoms with Gasteiger partial charge in [0.15, 0.2) is 5.78 Å². The summed E-state index contributed by atoms with van der Waals surface area (Å²) in [7, 11) is -1.25. The van der Waals surface area contributed by atoms with Gasteiger partial charge < -0.3 is 0 Å². The SMILES string of the molecule is Cc1cccc(CS(=O)C(C)C(=O)c2cccc(Cl)c2)c1. The highest BCUT2D eigenvalue weighted by atomic mass is 35.5. The first-order valence-electron chi connectivity index (χ1n) is 6.70. The molecular weight excluding hydrogens is 304 g/mol. The Morgan fingerprint density at radius 1 is 1.19 bits per heavy atom. The summed E-state index contributed by atoms with van der Waals surface area (Å²) in [6.45, 7) is 3.70. The topological polar surface area (TPSA) is 34.1 Å². The summed E-state index contributed by atoms with van der Waals surface area (Å²) in [5.41, 5.74) is 2.62. The fourth-order valence-electron chi connectivity index (χ4n) is 2.09. The largest absolute Gasteiger partial charge is 0.293 e. The van der Waals surface area contributed by atoms with E-state index in [2.05, 4.69) is 0 Å². The van der Waals surface area contributed by atoms with Crippen molar-refractivity contribution in [2.75, 3.05) is 0 Å². The second kappa shape index (κ2) is 7.01. The van der Waals surface area contributed by atoms with Crippen LogP contribution in [0.1, 0.15) is 28.4 Å². The lowest BCUT2D eigenvalue weighted by Gasteiger charge is -2.11. The van der Waals surface area contributed by atoms with Crippen LogP contribution in [0.15, 0.2) is 48.5 Å². The maximum absolute atomic E-state index is 12.4. The predicted octanol–water partition coefficient (Wildman–Crippen LogP) is 4.17. The standard InChI is InChI=1S/C17H17ClO2S/c1-12-5-3-6-14(9-12)11-21(20)13(2)17(19)15-7-4-8-16(18)10-15/h3-10,13H,11H2,1-2H3. The molecule has 0 heterocycles. The highest BCUT2D eigenvalue weighted by Crippen LogP contribution is 2.16. The molecule has 0 amide bonds. The molecule has 0 radical (unpaired) electrons. The normalized spacial score (nSPS) is 13.7. The van der Waals surface area contributed by atoms with Gasteiger partial charge in [-0.05, 0) is 31.5 Å². The van der Waals surface area contributed by atoms with Crippen molar-refractivity contribution in [3.63, 3.8) is 0 Å². The Hall–Kier alpha value is -1.45. The van der Waals surface area contributed by atoms with Crippen LogP contribution in [0.5, 0.6) is 0 Å². The molecule has 2 aromatic carbocycles. The second-order valence-corrected chi connectivity index (χ2v) is 7.22. The van der Waals surface area contributed by atoms with Crippen LogP contribution in [0.25, 0.3) is 0 Å². The zero-order chi connectivity index (χ0) is 15.4. The third kappa shape index (κ3) is 4.26. The van der Waals surface area contributed by atoms with Crippen LogP contribution in [0.3, 0.4) is 0 Å². The van der Waals surface area contributed by atoms with Gasteiger partial charge in [-0.15, -0.1) is 0 Å². The van der Waals surface area contributed by atoms with Crippen LogP contribution in [-0.4, -0.2) is 15.2 Å². The molecule has 0 saturated heterocycles. The summed E-state index contributed by atoms with van der Waals surface area (Å²) in [4.78, 5) is 12.3. The van der Waals surface area contributed by atoms with Gasteiger partial charge in [0, 0.05) is 27.1 Å². The molecule has 0 N–H and O–H groups in total. The number of carbonyl (C=O) groups excluding carboxylic acids is 1. The van der Waals surface area contributed by atoms with Gasteiger partial charge in [-0.1, -0.05) is 53.6 Å². The van der Waals surface area contributed by atoms with Crippen LogP contribution in [0, 0.1) is 6.92 Å². The van der Waals surface area contributed by atoms with Crippen molar-refractivity contribution in [1.29, 1.82) is 0 Å². The molecule has 2 atom stereocenters. The maximum atomic E-state index is 12.4. The minimum absolute atomic E-state index is 0.136. The first-order valence-corrected chi connectivity index (χ1v) is 8.46. The fourth-order valence-corrected chi connectivity index (χ4v) is 3.41. The molecule has 0 aliphatic rings. The van der Waals surface area contributed by atoms with E-state index in [1.807, 2.05) is 31.2 Å². The molecule has 0 bridgehead atoms. The Balaban J connectivity index is 2.10. The molecule has 0 spiro atoms. The van der Waals surface area contributed by atoms with Crippen molar-refractivity contribution in [1.82, 2.24) is 0 Å². The van der Waals surface area contributed by atoms with Crippen LogP contribution < -0.4 is 0 Å². The van der Waals surface area contributed by atoms with Crippen LogP contribution in [0.4, 0.5) is 0 Å². The lowest BCUT2D eigenvalue weighted by molar-refractivity contribution is 0.0992. The van der Waals surface area contributed by atoms with Gasteiger partial charge in [0.05, 0.1) is 5.25 Å². The maximum Gasteiger partial charge on any atom is 0.178 e. The van der Waals surface area contributed by atoms with E-state index in [0.29, 0.717) is 16.3 Å². The summed E-state index contributed by atoms with van der Waals surface area (Å²) in [6, 6.07) is 14.6. The van der Waals surface area contributed by atoms with Gasteiger partial charge >= 0.3 is 0 Å². The highest BCUT2D eigenvalue weighted by molar-refractivity contribution is 7.85. The molecular formula is C17H17ClO2S. The summed E-state index contributed by atoms with van der Waals surface area (Å²) in [5, 5.41) is -0.0403. The number of carbonyl (C=O) groups is 1. The smallest absolute Gasteiger partial charge is 0.178 e. The van der Waals surface area contributed by atoms with Crippen molar-refractivity contribution < 1.29 is 9.00 Å². The number of benzene rings is 2. The minimum Gasteiger partial charge on any atom is -0.293 e. The molecule has 0 fully saturated rings. The molecule has 0 aliphatic heterocycles.